The number of rotatable bonds is 9. The van der Waals surface area contributed by atoms with E-state index in [-0.39, 0.29) is 59.2 Å². The van der Waals surface area contributed by atoms with Crippen molar-refractivity contribution in [2.24, 2.45) is 7.05 Å². The Balaban J connectivity index is 1.20. The first kappa shape index (κ1) is 41.1. The molecule has 2 saturated heterocycles. The quantitative estimate of drug-likeness (QED) is 0.172. The number of alkyl halides is 3. The topological polar surface area (TPSA) is 145 Å². The molecule has 0 spiro atoms. The Kier molecular flexibility index (Phi) is 11.5. The van der Waals surface area contributed by atoms with Gasteiger partial charge >= 0.3 is 6.18 Å². The molecular formula is C41H47F3N8O5S. The SMILES string of the molecule is C=CC(=O)Nc1cc(Nc2nc(-c3ccnc(N4CCc5cc(C(C)(C)C)sc5C4=O)c3CO)cn(C)c2=O)ccc1N1CCN(C2CCOCC2)C[C@@H]1C(F)(F)F. The number of aromatic nitrogens is 3. The number of nitrogens with zero attached hydrogens (tertiary/aromatic N) is 6. The van der Waals surface area contributed by atoms with Gasteiger partial charge in [0.15, 0.2) is 5.82 Å². The van der Waals surface area contributed by atoms with Crippen LogP contribution >= 0.6 is 11.3 Å². The Morgan fingerprint density at radius 3 is 2.55 bits per heavy atom. The van der Waals surface area contributed by atoms with E-state index >= 15 is 0 Å². The number of carbonyl (C=O) groups is 2. The summed E-state index contributed by atoms with van der Waals surface area (Å²) in [4.78, 5) is 55.6. The van der Waals surface area contributed by atoms with Gasteiger partial charge in [-0.2, -0.15) is 13.2 Å². The minimum absolute atomic E-state index is 0.00560. The van der Waals surface area contributed by atoms with Crippen molar-refractivity contribution in [2.45, 2.75) is 70.3 Å². The van der Waals surface area contributed by atoms with Crippen LogP contribution in [0.25, 0.3) is 11.3 Å². The van der Waals surface area contributed by atoms with Crippen molar-refractivity contribution in [2.75, 3.05) is 59.8 Å². The van der Waals surface area contributed by atoms with Gasteiger partial charge in [-0.25, -0.2) is 9.97 Å². The second-order valence-corrected chi connectivity index (χ2v) is 16.8. The van der Waals surface area contributed by atoms with Crippen molar-refractivity contribution in [1.82, 2.24) is 19.4 Å². The smallest absolute Gasteiger partial charge is 0.392 e. The van der Waals surface area contributed by atoms with Crippen LogP contribution in [0.3, 0.4) is 0 Å². The summed E-state index contributed by atoms with van der Waals surface area (Å²) in [6.45, 7) is 10.9. The van der Waals surface area contributed by atoms with Crippen LogP contribution in [0.15, 0.2) is 60.2 Å². The number of benzene rings is 1. The summed E-state index contributed by atoms with van der Waals surface area (Å²) in [6.07, 6.45) is 1.43. The fraction of sp³-hybridized carbons (Fsp3) is 0.439. The number of fused-ring (bicyclic) bond motifs is 1. The van der Waals surface area contributed by atoms with E-state index in [2.05, 4.69) is 54.0 Å². The van der Waals surface area contributed by atoms with E-state index in [1.807, 2.05) is 4.90 Å². The number of thiophene rings is 1. The van der Waals surface area contributed by atoms with Crippen LogP contribution in [0.5, 0.6) is 0 Å². The minimum atomic E-state index is -4.57. The molecule has 3 N–H and O–H groups in total. The van der Waals surface area contributed by atoms with Crippen molar-refractivity contribution < 1.29 is 32.6 Å². The maximum absolute atomic E-state index is 14.7. The van der Waals surface area contributed by atoms with Crippen LogP contribution in [0, 0.1) is 0 Å². The van der Waals surface area contributed by atoms with E-state index in [4.69, 9.17) is 4.74 Å². The number of ether oxygens (including phenoxy) is 1. The average Bonchev–Trinajstić information content (AvgIpc) is 3.66. The molecule has 13 nitrogen and oxygen atoms in total. The fourth-order valence-electron chi connectivity index (χ4n) is 7.79. The van der Waals surface area contributed by atoms with Gasteiger partial charge in [0.2, 0.25) is 5.91 Å². The number of anilines is 5. The zero-order chi connectivity index (χ0) is 41.5. The number of piperazine rings is 1. The second-order valence-electron chi connectivity index (χ2n) is 15.8. The van der Waals surface area contributed by atoms with Crippen LogP contribution in [0.1, 0.15) is 59.3 Å². The third kappa shape index (κ3) is 8.26. The zero-order valence-corrected chi connectivity index (χ0v) is 33.7. The molecule has 1 aromatic carbocycles. The molecule has 7 rings (SSSR count). The molecule has 4 aromatic rings. The number of pyridine rings is 1. The standard InChI is InChI=1S/C41H47F3N8O5S/c1-6-34(54)47-29-20-25(7-8-31(29)51-16-15-50(22-32(51)41(42,43)44)26-11-17-57-18-12-26)46-36-39(56)49(5)21-30(48-36)27-9-13-45-37(28(27)23-53)52-14-10-24-19-33(40(2,3)4)58-35(24)38(52)55/h6-9,13,19-21,26,32,53H,1,10-12,14-18,22-23H2,2-5H3,(H,46,48)(H,47,54)/t32-/m1/s1. The molecule has 0 saturated carbocycles. The lowest BCUT2D eigenvalue weighted by Gasteiger charge is -2.47. The number of amides is 2. The molecule has 0 unspecified atom stereocenters. The number of halogens is 3. The van der Waals surface area contributed by atoms with Crippen LogP contribution < -0.4 is 26.0 Å². The number of aryl methyl sites for hydroxylation is 1. The number of aliphatic hydroxyl groups is 1. The fourth-order valence-corrected chi connectivity index (χ4v) is 9.01. The molecule has 0 bridgehead atoms. The highest BCUT2D eigenvalue weighted by atomic mass is 32.1. The first-order valence-electron chi connectivity index (χ1n) is 19.2. The monoisotopic (exact) mass is 820 g/mol. The van der Waals surface area contributed by atoms with Gasteiger partial charge in [-0.3, -0.25) is 24.2 Å². The van der Waals surface area contributed by atoms with Gasteiger partial charge in [-0.1, -0.05) is 27.4 Å². The third-order valence-electron chi connectivity index (χ3n) is 10.9. The average molecular weight is 821 g/mol. The summed E-state index contributed by atoms with van der Waals surface area (Å²) in [5.41, 5.74) is 1.96. The summed E-state index contributed by atoms with van der Waals surface area (Å²) >= 11 is 1.46. The summed E-state index contributed by atoms with van der Waals surface area (Å²) in [7, 11) is 1.54. The maximum atomic E-state index is 14.7. The Labute approximate surface area is 338 Å². The van der Waals surface area contributed by atoms with Crippen molar-refractivity contribution in [3.8, 4) is 11.3 Å². The van der Waals surface area contributed by atoms with E-state index in [0.717, 1.165) is 16.5 Å². The Morgan fingerprint density at radius 1 is 1.10 bits per heavy atom. The van der Waals surface area contributed by atoms with E-state index < -0.39 is 30.3 Å². The molecular weight excluding hydrogens is 774 g/mol. The molecule has 17 heteroatoms. The largest absolute Gasteiger partial charge is 0.409 e. The van der Waals surface area contributed by atoms with Gasteiger partial charge in [0.05, 0.1) is 28.6 Å². The molecule has 2 fully saturated rings. The molecule has 0 aliphatic carbocycles. The van der Waals surface area contributed by atoms with E-state index in [1.165, 1.54) is 58.4 Å². The molecule has 58 heavy (non-hydrogen) atoms. The number of nitrogens with one attached hydrogen (secondary N) is 2. The highest BCUT2D eigenvalue weighted by Crippen LogP contribution is 2.40. The molecule has 3 aliphatic rings. The lowest BCUT2D eigenvalue weighted by molar-refractivity contribution is -0.159. The van der Waals surface area contributed by atoms with Gasteiger partial charge in [0.25, 0.3) is 11.5 Å². The van der Waals surface area contributed by atoms with Gasteiger partial charge in [-0.15, -0.1) is 11.3 Å². The van der Waals surface area contributed by atoms with Crippen LogP contribution in [-0.4, -0.2) is 94.0 Å². The normalized spacial score (nSPS) is 18.3. The zero-order valence-electron chi connectivity index (χ0n) is 32.9. The van der Waals surface area contributed by atoms with E-state index in [1.54, 1.807) is 11.0 Å². The summed E-state index contributed by atoms with van der Waals surface area (Å²) in [6, 6.07) is 6.36. The van der Waals surface area contributed by atoms with Crippen LogP contribution in [0.4, 0.5) is 41.9 Å². The number of aliphatic hydroxyl groups excluding tert-OH is 1. The van der Waals surface area contributed by atoms with E-state index in [0.29, 0.717) is 67.3 Å². The first-order chi connectivity index (χ1) is 27.6. The molecule has 2 amide bonds. The van der Waals surface area contributed by atoms with Crippen molar-refractivity contribution >= 4 is 51.8 Å². The predicted octanol–water partition coefficient (Wildman–Crippen LogP) is 6.00. The Bertz CT molecular complexity index is 2280. The molecule has 0 radical (unpaired) electrons. The third-order valence-corrected chi connectivity index (χ3v) is 12.5. The maximum Gasteiger partial charge on any atom is 0.409 e. The van der Waals surface area contributed by atoms with Crippen LogP contribution in [0.2, 0.25) is 0 Å². The number of hydrogen-bond donors (Lipinski definition) is 3. The van der Waals surface area contributed by atoms with Crippen LogP contribution in [-0.2, 0) is 35.0 Å². The van der Waals surface area contributed by atoms with Crippen molar-refractivity contribution in [3.05, 3.63) is 86.6 Å². The molecule has 3 aromatic heterocycles. The molecule has 1 atom stereocenters. The summed E-state index contributed by atoms with van der Waals surface area (Å²) in [5.74, 6) is -0.667. The van der Waals surface area contributed by atoms with Crippen molar-refractivity contribution in [1.29, 1.82) is 0 Å². The lowest BCUT2D eigenvalue weighted by Crippen LogP contribution is -2.61. The minimum Gasteiger partial charge on any atom is -0.392 e. The van der Waals surface area contributed by atoms with Gasteiger partial charge in [0, 0.05) is 86.6 Å². The van der Waals surface area contributed by atoms with Gasteiger partial charge < -0.3 is 29.9 Å². The van der Waals surface area contributed by atoms with Crippen molar-refractivity contribution in [3.63, 3.8) is 0 Å². The molecule has 308 valence electrons. The highest BCUT2D eigenvalue weighted by molar-refractivity contribution is 7.14. The first-order valence-corrected chi connectivity index (χ1v) is 20.0. The highest BCUT2D eigenvalue weighted by Gasteiger charge is 2.48. The van der Waals surface area contributed by atoms with Gasteiger partial charge in [0.1, 0.15) is 11.9 Å². The second kappa shape index (κ2) is 16.3. The molecule has 3 aliphatic heterocycles. The van der Waals surface area contributed by atoms with E-state index in [9.17, 15) is 32.7 Å². The Morgan fingerprint density at radius 2 is 1.86 bits per heavy atom. The summed E-state index contributed by atoms with van der Waals surface area (Å²) < 4.78 is 50.9. The lowest BCUT2D eigenvalue weighted by atomic mass is 9.93. The Hall–Kier alpha value is -5.10. The molecule has 6 heterocycles. The summed E-state index contributed by atoms with van der Waals surface area (Å²) in [5, 5.41) is 16.4. The predicted molar refractivity (Wildman–Crippen MR) is 218 cm³/mol. The van der Waals surface area contributed by atoms with Gasteiger partial charge in [-0.05, 0) is 66.6 Å². The number of hydrogen-bond acceptors (Lipinski definition) is 11. The number of carbonyl (C=O) groups excluding carboxylic acids is 2.